The van der Waals surface area contributed by atoms with Gasteiger partial charge in [-0.05, 0) is 38.3 Å². The van der Waals surface area contributed by atoms with E-state index >= 15 is 0 Å². The van der Waals surface area contributed by atoms with Gasteiger partial charge in [0.05, 0.1) is 17.1 Å². The zero-order valence-corrected chi connectivity index (χ0v) is 10.1. The maximum Gasteiger partial charge on any atom is 0.127 e. The number of hydrogen-bond acceptors (Lipinski definition) is 2. The number of hydrogen-bond donors (Lipinski definition) is 0. The topological polar surface area (TPSA) is 41.6 Å². The van der Waals surface area contributed by atoms with Crippen LogP contribution in [0.3, 0.4) is 0 Å². The predicted octanol–water partition coefficient (Wildman–Crippen LogP) is 3.31. The summed E-state index contributed by atoms with van der Waals surface area (Å²) in [5.74, 6) is 0.793. The van der Waals surface area contributed by atoms with E-state index in [1.807, 2.05) is 19.1 Å². The van der Waals surface area contributed by atoms with E-state index in [0.717, 1.165) is 11.3 Å². The lowest BCUT2D eigenvalue weighted by Crippen LogP contribution is -2.04. The minimum atomic E-state index is -0.137. The van der Waals surface area contributed by atoms with Crippen molar-refractivity contribution in [3.05, 3.63) is 29.6 Å². The highest BCUT2D eigenvalue weighted by atomic mass is 15.1. The molecule has 1 fully saturated rings. The number of aryl methyl sites for hydroxylation is 1. The molecule has 1 aromatic carbocycles. The summed E-state index contributed by atoms with van der Waals surface area (Å²) in [5, 5.41) is 9.11. The zero-order chi connectivity index (χ0) is 12.0. The van der Waals surface area contributed by atoms with E-state index in [9.17, 15) is 0 Å². The fraction of sp³-hybridized carbons (Fsp3) is 0.429. The molecule has 2 aromatic rings. The van der Waals surface area contributed by atoms with Gasteiger partial charge in [0.1, 0.15) is 11.7 Å². The molecule has 0 amide bonds. The summed E-state index contributed by atoms with van der Waals surface area (Å²) in [6, 6.07) is 9.05. The van der Waals surface area contributed by atoms with E-state index in [-0.39, 0.29) is 5.92 Å². The van der Waals surface area contributed by atoms with Gasteiger partial charge in [-0.1, -0.05) is 12.1 Å². The molecule has 3 nitrogen and oxygen atoms in total. The molecule has 1 unspecified atom stereocenters. The molecule has 17 heavy (non-hydrogen) atoms. The smallest absolute Gasteiger partial charge is 0.127 e. The highest BCUT2D eigenvalue weighted by molar-refractivity contribution is 5.80. The van der Waals surface area contributed by atoms with E-state index in [1.165, 1.54) is 23.9 Å². The van der Waals surface area contributed by atoms with E-state index in [0.29, 0.717) is 6.04 Å². The minimum Gasteiger partial charge on any atom is -0.324 e. The highest BCUT2D eigenvalue weighted by Crippen LogP contribution is 2.40. The molecule has 86 valence electrons. The molecule has 0 aliphatic heterocycles. The molecule has 0 saturated heterocycles. The van der Waals surface area contributed by atoms with Crippen molar-refractivity contribution < 1.29 is 0 Å². The fourth-order valence-electron chi connectivity index (χ4n) is 2.40. The zero-order valence-electron chi connectivity index (χ0n) is 10.1. The number of para-hydroxylation sites is 1. The Morgan fingerprint density at radius 3 is 2.88 bits per heavy atom. The molecule has 1 aliphatic rings. The summed E-state index contributed by atoms with van der Waals surface area (Å²) in [5.41, 5.74) is 3.49. The van der Waals surface area contributed by atoms with Crippen LogP contribution in [0.2, 0.25) is 0 Å². The quantitative estimate of drug-likeness (QED) is 0.786. The summed E-state index contributed by atoms with van der Waals surface area (Å²) in [7, 11) is 0. The third kappa shape index (κ3) is 1.52. The summed E-state index contributed by atoms with van der Waals surface area (Å²) in [6.07, 6.45) is 2.43. The third-order valence-electron chi connectivity index (χ3n) is 3.43. The average Bonchev–Trinajstić information content (AvgIpc) is 3.09. The van der Waals surface area contributed by atoms with E-state index in [2.05, 4.69) is 28.6 Å². The Hall–Kier alpha value is -1.82. The first-order valence-electron chi connectivity index (χ1n) is 6.09. The predicted molar refractivity (Wildman–Crippen MR) is 66.8 cm³/mol. The van der Waals surface area contributed by atoms with Crippen LogP contribution in [-0.4, -0.2) is 9.55 Å². The highest BCUT2D eigenvalue weighted by Gasteiger charge is 2.30. The Labute approximate surface area is 101 Å². The SMILES string of the molecule is Cc1cccc2nc(C(C)C#N)n(C3CC3)c12. The molecule has 1 aliphatic carbocycles. The van der Waals surface area contributed by atoms with E-state index in [1.54, 1.807) is 0 Å². The number of nitrogens with zero attached hydrogens (tertiary/aromatic N) is 3. The fourth-order valence-corrected chi connectivity index (χ4v) is 2.40. The largest absolute Gasteiger partial charge is 0.324 e. The second-order valence-electron chi connectivity index (χ2n) is 4.86. The first-order chi connectivity index (χ1) is 8.22. The molecule has 0 bridgehead atoms. The first kappa shape index (κ1) is 10.3. The van der Waals surface area contributed by atoms with E-state index < -0.39 is 0 Å². The molecule has 0 N–H and O–H groups in total. The normalized spacial score (nSPS) is 17.0. The van der Waals surface area contributed by atoms with Crippen LogP contribution in [0.4, 0.5) is 0 Å². The van der Waals surface area contributed by atoms with Crippen LogP contribution >= 0.6 is 0 Å². The standard InChI is InChI=1S/C14H15N3/c1-9-4-3-5-12-13(9)17(11-6-7-11)14(16-12)10(2)8-15/h3-5,10-11H,6-7H2,1-2H3. The summed E-state index contributed by atoms with van der Waals surface area (Å²) >= 11 is 0. The molecule has 3 heteroatoms. The molecule has 1 atom stereocenters. The van der Waals surface area contributed by atoms with Gasteiger partial charge in [-0.2, -0.15) is 5.26 Å². The molecule has 1 aromatic heterocycles. The van der Waals surface area contributed by atoms with Crippen molar-refractivity contribution in [2.75, 3.05) is 0 Å². The van der Waals surface area contributed by atoms with Crippen molar-refractivity contribution in [2.45, 2.75) is 38.6 Å². The van der Waals surface area contributed by atoms with Gasteiger partial charge in [0, 0.05) is 6.04 Å². The molecule has 1 heterocycles. The van der Waals surface area contributed by atoms with Gasteiger partial charge in [0.15, 0.2) is 0 Å². The second-order valence-corrected chi connectivity index (χ2v) is 4.86. The summed E-state index contributed by atoms with van der Waals surface area (Å²) in [4.78, 5) is 4.65. The van der Waals surface area contributed by atoms with Gasteiger partial charge in [-0.15, -0.1) is 0 Å². The number of fused-ring (bicyclic) bond motifs is 1. The second kappa shape index (κ2) is 3.59. The van der Waals surface area contributed by atoms with Crippen LogP contribution in [0, 0.1) is 18.3 Å². The Balaban J connectivity index is 2.32. The maximum absolute atomic E-state index is 9.11. The molecular formula is C14H15N3. The molecule has 0 spiro atoms. The Kier molecular flexibility index (Phi) is 2.19. The van der Waals surface area contributed by atoms with Gasteiger partial charge >= 0.3 is 0 Å². The third-order valence-corrected chi connectivity index (χ3v) is 3.43. The van der Waals surface area contributed by atoms with Crippen molar-refractivity contribution in [1.29, 1.82) is 5.26 Å². The summed E-state index contributed by atoms with van der Waals surface area (Å²) < 4.78 is 2.29. The number of nitriles is 1. The van der Waals surface area contributed by atoms with Crippen molar-refractivity contribution in [3.63, 3.8) is 0 Å². The molecule has 0 radical (unpaired) electrons. The van der Waals surface area contributed by atoms with Crippen LogP contribution in [0.15, 0.2) is 18.2 Å². The Morgan fingerprint density at radius 2 is 2.24 bits per heavy atom. The maximum atomic E-state index is 9.11. The van der Waals surface area contributed by atoms with Crippen molar-refractivity contribution in [2.24, 2.45) is 0 Å². The van der Waals surface area contributed by atoms with Gasteiger partial charge in [0.25, 0.3) is 0 Å². The van der Waals surface area contributed by atoms with Crippen LogP contribution < -0.4 is 0 Å². The van der Waals surface area contributed by atoms with Gasteiger partial charge in [-0.3, -0.25) is 0 Å². The van der Waals surface area contributed by atoms with Crippen LogP contribution in [0.1, 0.15) is 43.1 Å². The minimum absolute atomic E-state index is 0.137. The van der Waals surface area contributed by atoms with Crippen LogP contribution in [0.25, 0.3) is 11.0 Å². The van der Waals surface area contributed by atoms with Crippen LogP contribution in [0.5, 0.6) is 0 Å². The van der Waals surface area contributed by atoms with Crippen molar-refractivity contribution >= 4 is 11.0 Å². The number of imidazole rings is 1. The molecular weight excluding hydrogens is 210 g/mol. The van der Waals surface area contributed by atoms with Crippen molar-refractivity contribution in [3.8, 4) is 6.07 Å². The van der Waals surface area contributed by atoms with Gasteiger partial charge in [0.2, 0.25) is 0 Å². The first-order valence-corrected chi connectivity index (χ1v) is 6.09. The van der Waals surface area contributed by atoms with Crippen LogP contribution in [-0.2, 0) is 0 Å². The molecule has 1 saturated carbocycles. The number of benzene rings is 1. The number of aromatic nitrogens is 2. The molecule has 3 rings (SSSR count). The van der Waals surface area contributed by atoms with Gasteiger partial charge < -0.3 is 4.57 Å². The van der Waals surface area contributed by atoms with Crippen molar-refractivity contribution in [1.82, 2.24) is 9.55 Å². The van der Waals surface area contributed by atoms with Gasteiger partial charge in [-0.25, -0.2) is 4.98 Å². The Morgan fingerprint density at radius 1 is 1.47 bits per heavy atom. The number of rotatable bonds is 2. The lowest BCUT2D eigenvalue weighted by molar-refractivity contribution is 0.683. The lowest BCUT2D eigenvalue weighted by Gasteiger charge is -2.09. The lowest BCUT2D eigenvalue weighted by atomic mass is 10.2. The monoisotopic (exact) mass is 225 g/mol. The summed E-state index contributed by atoms with van der Waals surface area (Å²) in [6.45, 7) is 4.04. The average molecular weight is 225 g/mol. The Bertz CT molecular complexity index is 614. The van der Waals surface area contributed by atoms with E-state index in [4.69, 9.17) is 5.26 Å².